The molecule has 1 aromatic carbocycles. The maximum atomic E-state index is 9.14. The summed E-state index contributed by atoms with van der Waals surface area (Å²) in [7, 11) is 1.69. The van der Waals surface area contributed by atoms with Crippen LogP contribution in [0.4, 0.5) is 0 Å². The van der Waals surface area contributed by atoms with Crippen LogP contribution in [0.5, 0.6) is 0 Å². The maximum Gasteiger partial charge on any atom is 0.111 e. The lowest BCUT2D eigenvalue weighted by Gasteiger charge is -2.13. The fraction of sp³-hybridized carbons (Fsp3) is 0.429. The number of fused-ring (bicyclic) bond motifs is 1. The second-order valence-corrected chi connectivity index (χ2v) is 4.79. The van der Waals surface area contributed by atoms with Gasteiger partial charge in [0.1, 0.15) is 17.4 Å². The fourth-order valence-electron chi connectivity index (χ4n) is 2.10. The summed E-state index contributed by atoms with van der Waals surface area (Å²) in [6.07, 6.45) is 0.759. The third-order valence-electron chi connectivity index (χ3n) is 3.14. The summed E-state index contributed by atoms with van der Waals surface area (Å²) in [5.74, 6) is 1.41. The standard InChI is InChI=1S/C14H16ClN3O/c1-10(19-2)9-18-12-5-3-4-11(8-16)14(12)17-13(18)6-7-15/h3-5,10H,6-7,9H2,1-2H3. The van der Waals surface area contributed by atoms with Crippen molar-refractivity contribution in [3.8, 4) is 6.07 Å². The summed E-state index contributed by atoms with van der Waals surface area (Å²) in [5.41, 5.74) is 2.30. The van der Waals surface area contributed by atoms with Gasteiger partial charge in [0.2, 0.25) is 0 Å². The molecule has 0 saturated carbocycles. The van der Waals surface area contributed by atoms with Crippen LogP contribution in [0.1, 0.15) is 18.3 Å². The summed E-state index contributed by atoms with van der Waals surface area (Å²) in [4.78, 5) is 4.56. The Morgan fingerprint density at radius 1 is 1.53 bits per heavy atom. The lowest BCUT2D eigenvalue weighted by atomic mass is 10.2. The largest absolute Gasteiger partial charge is 0.380 e. The molecule has 0 radical (unpaired) electrons. The predicted octanol–water partition coefficient (Wildman–Crippen LogP) is 2.72. The third-order valence-corrected chi connectivity index (χ3v) is 3.33. The topological polar surface area (TPSA) is 50.8 Å². The Bertz CT molecular complexity index is 615. The molecule has 0 spiro atoms. The lowest BCUT2D eigenvalue weighted by Crippen LogP contribution is -2.17. The molecule has 1 unspecified atom stereocenters. The highest BCUT2D eigenvalue weighted by Gasteiger charge is 2.14. The van der Waals surface area contributed by atoms with E-state index in [0.717, 1.165) is 16.9 Å². The molecule has 0 aliphatic rings. The minimum absolute atomic E-state index is 0.0808. The van der Waals surface area contributed by atoms with Gasteiger partial charge in [-0.3, -0.25) is 0 Å². The Morgan fingerprint density at radius 2 is 2.32 bits per heavy atom. The minimum atomic E-state index is 0.0808. The first-order chi connectivity index (χ1) is 9.21. The molecule has 0 fully saturated rings. The first kappa shape index (κ1) is 13.9. The number of methoxy groups -OCH3 is 1. The number of benzene rings is 1. The number of nitriles is 1. The summed E-state index contributed by atoms with van der Waals surface area (Å²) in [6, 6.07) is 7.81. The molecule has 100 valence electrons. The van der Waals surface area contributed by atoms with E-state index in [-0.39, 0.29) is 6.10 Å². The van der Waals surface area contributed by atoms with E-state index in [0.29, 0.717) is 24.4 Å². The lowest BCUT2D eigenvalue weighted by molar-refractivity contribution is 0.103. The number of alkyl halides is 1. The van der Waals surface area contributed by atoms with Crippen molar-refractivity contribution in [3.63, 3.8) is 0 Å². The summed E-state index contributed by atoms with van der Waals surface area (Å²) in [6.45, 7) is 2.71. The smallest absolute Gasteiger partial charge is 0.111 e. The monoisotopic (exact) mass is 277 g/mol. The number of ether oxygens (including phenoxy) is 1. The Kier molecular flexibility index (Phi) is 4.41. The second-order valence-electron chi connectivity index (χ2n) is 4.41. The number of para-hydroxylation sites is 1. The van der Waals surface area contributed by atoms with Crippen LogP contribution < -0.4 is 0 Å². The van der Waals surface area contributed by atoms with E-state index < -0.39 is 0 Å². The molecule has 0 bridgehead atoms. The van der Waals surface area contributed by atoms with Crippen molar-refractivity contribution >= 4 is 22.6 Å². The summed E-state index contributed by atoms with van der Waals surface area (Å²) in [5, 5.41) is 9.14. The number of rotatable bonds is 5. The zero-order valence-electron chi connectivity index (χ0n) is 11.1. The van der Waals surface area contributed by atoms with Gasteiger partial charge in [-0.1, -0.05) is 6.07 Å². The number of aromatic nitrogens is 2. The van der Waals surface area contributed by atoms with Gasteiger partial charge in [0.05, 0.1) is 23.7 Å². The molecule has 0 saturated heterocycles. The fourth-order valence-corrected chi connectivity index (χ4v) is 2.27. The number of aryl methyl sites for hydroxylation is 1. The number of hydrogen-bond acceptors (Lipinski definition) is 3. The molecule has 2 rings (SSSR count). The summed E-state index contributed by atoms with van der Waals surface area (Å²) >= 11 is 5.83. The third kappa shape index (κ3) is 2.73. The Balaban J connectivity index is 2.57. The van der Waals surface area contributed by atoms with Crippen molar-refractivity contribution in [1.29, 1.82) is 5.26 Å². The Hall–Kier alpha value is -1.57. The van der Waals surface area contributed by atoms with Gasteiger partial charge in [0.15, 0.2) is 0 Å². The van der Waals surface area contributed by atoms with Gasteiger partial charge in [-0.15, -0.1) is 11.6 Å². The van der Waals surface area contributed by atoms with Crippen LogP contribution >= 0.6 is 11.6 Å². The molecule has 0 aliphatic carbocycles. The van der Waals surface area contributed by atoms with E-state index in [2.05, 4.69) is 15.6 Å². The quantitative estimate of drug-likeness (QED) is 0.790. The van der Waals surface area contributed by atoms with Crippen molar-refractivity contribution in [2.75, 3.05) is 13.0 Å². The summed E-state index contributed by atoms with van der Waals surface area (Å²) < 4.78 is 7.41. The number of halogens is 1. The number of nitrogens with zero attached hydrogens (tertiary/aromatic N) is 3. The molecule has 19 heavy (non-hydrogen) atoms. The number of imidazole rings is 1. The first-order valence-electron chi connectivity index (χ1n) is 6.18. The average molecular weight is 278 g/mol. The molecule has 0 amide bonds. The minimum Gasteiger partial charge on any atom is -0.380 e. The predicted molar refractivity (Wildman–Crippen MR) is 75.3 cm³/mol. The molecule has 1 atom stereocenters. The van der Waals surface area contributed by atoms with Crippen LogP contribution in [0.25, 0.3) is 11.0 Å². The van der Waals surface area contributed by atoms with Gasteiger partial charge in [-0.05, 0) is 19.1 Å². The SMILES string of the molecule is COC(C)Cn1c(CCCl)nc2c(C#N)cccc21. The van der Waals surface area contributed by atoms with Gasteiger partial charge < -0.3 is 9.30 Å². The van der Waals surface area contributed by atoms with Gasteiger partial charge in [-0.25, -0.2) is 4.98 Å². The first-order valence-corrected chi connectivity index (χ1v) is 6.71. The van der Waals surface area contributed by atoms with Gasteiger partial charge >= 0.3 is 0 Å². The Labute approximate surface area is 117 Å². The van der Waals surface area contributed by atoms with Gasteiger partial charge in [0.25, 0.3) is 0 Å². The molecule has 4 nitrogen and oxygen atoms in total. The zero-order valence-corrected chi connectivity index (χ0v) is 11.8. The molecule has 1 aromatic heterocycles. The van der Waals surface area contributed by atoms with Crippen LogP contribution in [0.3, 0.4) is 0 Å². The van der Waals surface area contributed by atoms with E-state index in [1.165, 1.54) is 0 Å². The van der Waals surface area contributed by atoms with Crippen LogP contribution in [0, 0.1) is 11.3 Å². The van der Waals surface area contributed by atoms with E-state index in [1.807, 2.05) is 19.1 Å². The van der Waals surface area contributed by atoms with E-state index in [4.69, 9.17) is 21.6 Å². The van der Waals surface area contributed by atoms with Crippen molar-refractivity contribution in [3.05, 3.63) is 29.6 Å². The molecule has 0 aliphatic heterocycles. The number of hydrogen-bond donors (Lipinski definition) is 0. The van der Waals surface area contributed by atoms with Crippen LogP contribution in [-0.4, -0.2) is 28.6 Å². The molecular weight excluding hydrogens is 262 g/mol. The van der Waals surface area contributed by atoms with Gasteiger partial charge in [-0.2, -0.15) is 5.26 Å². The maximum absolute atomic E-state index is 9.14. The van der Waals surface area contributed by atoms with Crippen molar-refractivity contribution < 1.29 is 4.74 Å². The normalized spacial score (nSPS) is 12.5. The highest BCUT2D eigenvalue weighted by Crippen LogP contribution is 2.21. The average Bonchev–Trinajstić information content (AvgIpc) is 2.77. The Morgan fingerprint density at radius 3 is 2.95 bits per heavy atom. The highest BCUT2D eigenvalue weighted by atomic mass is 35.5. The molecule has 2 aromatic rings. The van der Waals surface area contributed by atoms with Gasteiger partial charge in [0, 0.05) is 19.4 Å². The molecule has 1 heterocycles. The van der Waals surface area contributed by atoms with Crippen molar-refractivity contribution in [2.24, 2.45) is 0 Å². The molecular formula is C14H16ClN3O. The highest BCUT2D eigenvalue weighted by molar-refractivity contribution is 6.17. The van der Waals surface area contributed by atoms with E-state index in [9.17, 15) is 0 Å². The van der Waals surface area contributed by atoms with Crippen molar-refractivity contribution in [1.82, 2.24) is 9.55 Å². The zero-order chi connectivity index (χ0) is 13.8. The van der Waals surface area contributed by atoms with Crippen LogP contribution in [0.2, 0.25) is 0 Å². The molecule has 5 heteroatoms. The van der Waals surface area contributed by atoms with E-state index in [1.54, 1.807) is 13.2 Å². The second kappa shape index (κ2) is 6.05. The van der Waals surface area contributed by atoms with Crippen LogP contribution in [-0.2, 0) is 17.7 Å². The van der Waals surface area contributed by atoms with Crippen molar-refractivity contribution in [2.45, 2.75) is 26.0 Å². The molecule has 0 N–H and O–H groups in total. The van der Waals surface area contributed by atoms with Crippen LogP contribution in [0.15, 0.2) is 18.2 Å². The van der Waals surface area contributed by atoms with E-state index >= 15 is 0 Å².